The maximum absolute atomic E-state index is 11.1. The summed E-state index contributed by atoms with van der Waals surface area (Å²) in [6.45, 7) is 3.64. The van der Waals surface area contributed by atoms with E-state index in [1.807, 2.05) is 6.92 Å². The molecule has 0 radical (unpaired) electrons. The number of nitrogens with zero attached hydrogens (tertiary/aromatic N) is 1. The van der Waals surface area contributed by atoms with E-state index in [0.29, 0.717) is 19.6 Å². The summed E-state index contributed by atoms with van der Waals surface area (Å²) in [5.41, 5.74) is 5.29. The lowest BCUT2D eigenvalue weighted by Crippen LogP contribution is -2.32. The van der Waals surface area contributed by atoms with Crippen molar-refractivity contribution in [2.24, 2.45) is 5.73 Å². The molecule has 0 atom stereocenters. The van der Waals surface area contributed by atoms with Crippen LogP contribution in [0.25, 0.3) is 0 Å². The van der Waals surface area contributed by atoms with E-state index >= 15 is 0 Å². The van der Waals surface area contributed by atoms with Crippen molar-refractivity contribution in [3.05, 3.63) is 0 Å². The molecule has 0 aromatic heterocycles. The van der Waals surface area contributed by atoms with E-state index in [1.54, 1.807) is 0 Å². The third kappa shape index (κ3) is 4.69. The lowest BCUT2D eigenvalue weighted by molar-refractivity contribution is 0.410. The predicted octanol–water partition coefficient (Wildman–Crippen LogP) is 0.00680. The second-order valence-electron chi connectivity index (χ2n) is 2.80. The van der Waals surface area contributed by atoms with Gasteiger partial charge in [0.1, 0.15) is 0 Å². The second-order valence-corrected chi connectivity index (χ2v) is 4.79. The van der Waals surface area contributed by atoms with Gasteiger partial charge in [-0.1, -0.05) is 6.92 Å². The smallest absolute Gasteiger partial charge is 0.211 e. The Labute approximate surface area is 74.8 Å². The molecule has 0 aliphatic heterocycles. The first kappa shape index (κ1) is 11.9. The summed E-state index contributed by atoms with van der Waals surface area (Å²) in [4.78, 5) is 0. The van der Waals surface area contributed by atoms with Gasteiger partial charge >= 0.3 is 0 Å². The summed E-state index contributed by atoms with van der Waals surface area (Å²) in [6.07, 6.45) is 2.81. The van der Waals surface area contributed by atoms with Gasteiger partial charge in [-0.3, -0.25) is 0 Å². The van der Waals surface area contributed by atoms with Crippen LogP contribution in [0, 0.1) is 0 Å². The Morgan fingerprint density at radius 3 is 2.25 bits per heavy atom. The van der Waals surface area contributed by atoms with Crippen LogP contribution in [0.15, 0.2) is 0 Å². The summed E-state index contributed by atoms with van der Waals surface area (Å²) in [5, 5.41) is 0. The summed E-state index contributed by atoms with van der Waals surface area (Å²) in [5.74, 6) is 0. The molecule has 5 heteroatoms. The summed E-state index contributed by atoms with van der Waals surface area (Å²) in [6, 6.07) is 0. The zero-order valence-corrected chi connectivity index (χ0v) is 8.60. The van der Waals surface area contributed by atoms with Gasteiger partial charge in [0, 0.05) is 13.1 Å². The van der Waals surface area contributed by atoms with Crippen molar-refractivity contribution in [3.8, 4) is 0 Å². The Hall–Kier alpha value is -0.130. The van der Waals surface area contributed by atoms with Crippen LogP contribution in [0.5, 0.6) is 0 Å². The molecule has 0 amide bonds. The van der Waals surface area contributed by atoms with Gasteiger partial charge < -0.3 is 5.73 Å². The van der Waals surface area contributed by atoms with E-state index in [-0.39, 0.29) is 0 Å². The first-order valence-corrected chi connectivity index (χ1v) is 6.02. The van der Waals surface area contributed by atoms with Gasteiger partial charge in [0.15, 0.2) is 0 Å². The summed E-state index contributed by atoms with van der Waals surface area (Å²) < 4.78 is 23.7. The van der Waals surface area contributed by atoms with E-state index < -0.39 is 10.0 Å². The Morgan fingerprint density at radius 1 is 1.33 bits per heavy atom. The number of hydrogen-bond donors (Lipinski definition) is 1. The molecule has 0 aliphatic rings. The number of nitrogens with two attached hydrogens (primary N) is 1. The fourth-order valence-corrected chi connectivity index (χ4v) is 1.94. The van der Waals surface area contributed by atoms with Gasteiger partial charge in [0.25, 0.3) is 0 Å². The van der Waals surface area contributed by atoms with Crippen LogP contribution >= 0.6 is 0 Å². The summed E-state index contributed by atoms with van der Waals surface area (Å²) in [7, 11) is -3.02. The van der Waals surface area contributed by atoms with Crippen molar-refractivity contribution in [1.29, 1.82) is 0 Å². The normalized spacial score (nSPS) is 12.3. The molecule has 2 N–H and O–H groups in total. The highest BCUT2D eigenvalue weighted by molar-refractivity contribution is 7.88. The third-order valence-corrected chi connectivity index (χ3v) is 2.86. The van der Waals surface area contributed by atoms with Crippen molar-refractivity contribution in [3.63, 3.8) is 0 Å². The number of sulfonamides is 1. The molecule has 0 bridgehead atoms. The molecular weight excluding hydrogens is 176 g/mol. The second kappa shape index (κ2) is 5.50. The average molecular weight is 194 g/mol. The molecule has 0 rings (SSSR count). The minimum atomic E-state index is -3.02. The molecule has 74 valence electrons. The first-order valence-electron chi connectivity index (χ1n) is 4.17. The van der Waals surface area contributed by atoms with E-state index in [9.17, 15) is 8.42 Å². The van der Waals surface area contributed by atoms with E-state index in [2.05, 4.69) is 0 Å². The number of rotatable bonds is 6. The fourth-order valence-electron chi connectivity index (χ4n) is 0.960. The molecule has 0 spiro atoms. The maximum Gasteiger partial charge on any atom is 0.211 e. The zero-order valence-electron chi connectivity index (χ0n) is 7.78. The van der Waals surface area contributed by atoms with Crippen LogP contribution in [0.2, 0.25) is 0 Å². The van der Waals surface area contributed by atoms with Gasteiger partial charge in [0.05, 0.1) is 6.26 Å². The van der Waals surface area contributed by atoms with E-state index in [4.69, 9.17) is 5.73 Å². The molecule has 0 saturated carbocycles. The van der Waals surface area contributed by atoms with E-state index in [0.717, 1.165) is 12.8 Å². The Kier molecular flexibility index (Phi) is 5.44. The predicted molar refractivity (Wildman–Crippen MR) is 50.4 cm³/mol. The molecule has 4 nitrogen and oxygen atoms in total. The molecule has 0 fully saturated rings. The highest BCUT2D eigenvalue weighted by atomic mass is 32.2. The van der Waals surface area contributed by atoms with Crippen molar-refractivity contribution >= 4 is 10.0 Å². The number of hydrogen-bond acceptors (Lipinski definition) is 3. The van der Waals surface area contributed by atoms with Gasteiger partial charge in [-0.15, -0.1) is 0 Å². The Bertz CT molecular complexity index is 201. The van der Waals surface area contributed by atoms with Crippen LogP contribution in [0.4, 0.5) is 0 Å². The molecule has 0 heterocycles. The lowest BCUT2D eigenvalue weighted by atomic mass is 10.4. The van der Waals surface area contributed by atoms with Crippen LogP contribution in [-0.2, 0) is 10.0 Å². The van der Waals surface area contributed by atoms with Crippen LogP contribution in [0.1, 0.15) is 19.8 Å². The molecule has 0 unspecified atom stereocenters. The molecule has 0 aromatic rings. The van der Waals surface area contributed by atoms with Crippen molar-refractivity contribution < 1.29 is 8.42 Å². The minimum absolute atomic E-state index is 0.537. The molecule has 0 aliphatic carbocycles. The summed E-state index contributed by atoms with van der Waals surface area (Å²) >= 11 is 0. The first-order chi connectivity index (χ1) is 5.52. The fraction of sp³-hybridized carbons (Fsp3) is 1.00. The molecule has 12 heavy (non-hydrogen) atoms. The van der Waals surface area contributed by atoms with Crippen molar-refractivity contribution in [2.75, 3.05) is 25.9 Å². The molecule has 0 saturated heterocycles. The minimum Gasteiger partial charge on any atom is -0.330 e. The third-order valence-electron chi connectivity index (χ3n) is 1.55. The van der Waals surface area contributed by atoms with Crippen LogP contribution in [0.3, 0.4) is 0 Å². The molecule has 0 aromatic carbocycles. The monoisotopic (exact) mass is 194 g/mol. The Balaban J connectivity index is 4.05. The standard InChI is InChI=1S/C7H18N2O2S/c1-3-6-9(7-4-5-8)12(2,10)11/h3-8H2,1-2H3. The largest absolute Gasteiger partial charge is 0.330 e. The Morgan fingerprint density at radius 2 is 1.92 bits per heavy atom. The van der Waals surface area contributed by atoms with Crippen LogP contribution < -0.4 is 5.73 Å². The average Bonchev–Trinajstić information content (AvgIpc) is 1.95. The topological polar surface area (TPSA) is 63.4 Å². The van der Waals surface area contributed by atoms with E-state index in [1.165, 1.54) is 10.6 Å². The van der Waals surface area contributed by atoms with Crippen molar-refractivity contribution in [1.82, 2.24) is 4.31 Å². The van der Waals surface area contributed by atoms with Crippen molar-refractivity contribution in [2.45, 2.75) is 19.8 Å². The SMILES string of the molecule is CCCN(CCCN)S(C)(=O)=O. The van der Waals surface area contributed by atoms with Gasteiger partial charge in [0.2, 0.25) is 10.0 Å². The molecular formula is C7H18N2O2S. The van der Waals surface area contributed by atoms with Gasteiger partial charge in [-0.05, 0) is 19.4 Å². The van der Waals surface area contributed by atoms with Gasteiger partial charge in [-0.2, -0.15) is 0 Å². The van der Waals surface area contributed by atoms with Gasteiger partial charge in [-0.25, -0.2) is 12.7 Å². The zero-order chi connectivity index (χ0) is 9.61. The quantitative estimate of drug-likeness (QED) is 0.647. The van der Waals surface area contributed by atoms with Crippen LogP contribution in [-0.4, -0.2) is 38.6 Å². The highest BCUT2D eigenvalue weighted by Gasteiger charge is 2.13. The lowest BCUT2D eigenvalue weighted by Gasteiger charge is -2.18. The highest BCUT2D eigenvalue weighted by Crippen LogP contribution is 2.00. The maximum atomic E-state index is 11.1.